The Kier molecular flexibility index (Phi) is 6.33. The van der Waals surface area contributed by atoms with Gasteiger partial charge in [-0.3, -0.25) is 20.4 Å². The third-order valence-electron chi connectivity index (χ3n) is 3.36. The van der Waals surface area contributed by atoms with E-state index in [0.717, 1.165) is 5.56 Å². The van der Waals surface area contributed by atoms with Crippen molar-refractivity contribution in [2.45, 2.75) is 19.4 Å². The van der Waals surface area contributed by atoms with Gasteiger partial charge in [0.15, 0.2) is 17.7 Å². The first-order valence-electron chi connectivity index (χ1n) is 7.62. The number of para-hydroxylation sites is 1. The molecule has 0 saturated carbocycles. The number of nitrogens with one attached hydrogen (secondary N) is 2. The molecule has 0 aliphatic heterocycles. The van der Waals surface area contributed by atoms with Gasteiger partial charge in [-0.15, -0.1) is 0 Å². The number of hydrogen-bond donors (Lipinski definition) is 2. The predicted molar refractivity (Wildman–Crippen MR) is 89.5 cm³/mol. The zero-order valence-corrected chi connectivity index (χ0v) is 13.9. The van der Waals surface area contributed by atoms with Crippen LogP contribution in [0.25, 0.3) is 0 Å². The molecule has 0 saturated heterocycles. The molecule has 0 spiro atoms. The van der Waals surface area contributed by atoms with E-state index >= 15 is 0 Å². The maximum Gasteiger partial charge on any atom is 0.279 e. The minimum absolute atomic E-state index is 0.0327. The third kappa shape index (κ3) is 5.49. The highest BCUT2D eigenvalue weighted by Crippen LogP contribution is 2.17. The second-order valence-corrected chi connectivity index (χ2v) is 5.25. The molecular weight excluding hydrogens is 327 g/mol. The fourth-order valence-electron chi connectivity index (χ4n) is 1.99. The van der Waals surface area contributed by atoms with Crippen molar-refractivity contribution in [3.63, 3.8) is 0 Å². The van der Waals surface area contributed by atoms with Crippen molar-refractivity contribution >= 4 is 11.8 Å². The number of ether oxygens (including phenoxy) is 2. The van der Waals surface area contributed by atoms with E-state index in [0.29, 0.717) is 5.75 Å². The third-order valence-corrected chi connectivity index (χ3v) is 3.36. The lowest BCUT2D eigenvalue weighted by Gasteiger charge is -2.15. The molecule has 2 N–H and O–H groups in total. The Labute approximate surface area is 144 Å². The smallest absolute Gasteiger partial charge is 0.279 e. The maximum absolute atomic E-state index is 13.5. The molecule has 25 heavy (non-hydrogen) atoms. The lowest BCUT2D eigenvalue weighted by atomic mass is 10.1. The molecule has 0 bridgehead atoms. The molecule has 2 aromatic rings. The van der Waals surface area contributed by atoms with Crippen molar-refractivity contribution < 1.29 is 23.5 Å². The van der Waals surface area contributed by atoms with Gasteiger partial charge < -0.3 is 9.47 Å². The molecular formula is C18H19FN2O4. The van der Waals surface area contributed by atoms with Crippen LogP contribution in [0.4, 0.5) is 4.39 Å². The zero-order valence-electron chi connectivity index (χ0n) is 13.9. The Morgan fingerprint density at radius 2 is 1.76 bits per heavy atom. The molecule has 0 heterocycles. The first-order valence-corrected chi connectivity index (χ1v) is 7.62. The van der Waals surface area contributed by atoms with Crippen molar-refractivity contribution in [3.05, 3.63) is 59.9 Å². The highest BCUT2D eigenvalue weighted by molar-refractivity contribution is 5.85. The molecule has 0 aromatic heterocycles. The second-order valence-electron chi connectivity index (χ2n) is 5.25. The van der Waals surface area contributed by atoms with E-state index in [2.05, 4.69) is 10.9 Å². The Morgan fingerprint density at radius 3 is 2.40 bits per heavy atom. The number of amides is 2. The summed E-state index contributed by atoms with van der Waals surface area (Å²) in [4.78, 5) is 23.8. The average Bonchev–Trinajstić information content (AvgIpc) is 2.62. The van der Waals surface area contributed by atoms with Gasteiger partial charge in [-0.25, -0.2) is 4.39 Å². The van der Waals surface area contributed by atoms with Crippen molar-refractivity contribution in [2.75, 3.05) is 7.11 Å². The van der Waals surface area contributed by atoms with E-state index in [9.17, 15) is 14.0 Å². The highest BCUT2D eigenvalue weighted by atomic mass is 19.1. The molecule has 1 unspecified atom stereocenters. The van der Waals surface area contributed by atoms with Gasteiger partial charge in [0.25, 0.3) is 5.91 Å². The summed E-state index contributed by atoms with van der Waals surface area (Å²) in [6.45, 7) is 1.46. The summed E-state index contributed by atoms with van der Waals surface area (Å²) in [7, 11) is 1.56. The molecule has 7 heteroatoms. The first-order chi connectivity index (χ1) is 12.0. The molecule has 0 aliphatic carbocycles. The summed E-state index contributed by atoms with van der Waals surface area (Å²) in [6, 6.07) is 12.8. The van der Waals surface area contributed by atoms with Crippen LogP contribution in [0.2, 0.25) is 0 Å². The average molecular weight is 346 g/mol. The van der Waals surface area contributed by atoms with Gasteiger partial charge in [-0.2, -0.15) is 0 Å². The Balaban J connectivity index is 1.80. The van der Waals surface area contributed by atoms with Crippen LogP contribution in [0.3, 0.4) is 0 Å². The number of methoxy groups -OCH3 is 1. The zero-order chi connectivity index (χ0) is 18.2. The number of hydrazine groups is 1. The van der Waals surface area contributed by atoms with Crippen molar-refractivity contribution in [3.8, 4) is 11.5 Å². The quantitative estimate of drug-likeness (QED) is 0.785. The standard InChI is InChI=1S/C18H19FN2O4/c1-12(25-16-6-4-3-5-15(16)19)18(23)21-20-17(22)11-13-7-9-14(24-2)10-8-13/h3-10,12H,11H2,1-2H3,(H,20,22)(H,21,23). The van der Waals surface area contributed by atoms with E-state index in [-0.39, 0.29) is 12.2 Å². The normalized spacial score (nSPS) is 11.3. The van der Waals surface area contributed by atoms with Gasteiger partial charge in [0.1, 0.15) is 5.75 Å². The Hall–Kier alpha value is -3.09. The van der Waals surface area contributed by atoms with Crippen LogP contribution in [0.5, 0.6) is 11.5 Å². The van der Waals surface area contributed by atoms with Crippen molar-refractivity contribution in [2.24, 2.45) is 0 Å². The first kappa shape index (κ1) is 18.3. The summed E-state index contributed by atoms with van der Waals surface area (Å²) in [6.07, 6.45) is -0.884. The lowest BCUT2D eigenvalue weighted by molar-refractivity contribution is -0.132. The van der Waals surface area contributed by atoms with Gasteiger partial charge in [0.2, 0.25) is 5.91 Å². The second kappa shape index (κ2) is 8.68. The summed E-state index contributed by atoms with van der Waals surface area (Å²) in [5, 5.41) is 0. The van der Waals surface area contributed by atoms with Gasteiger partial charge in [-0.05, 0) is 36.8 Å². The summed E-state index contributed by atoms with van der Waals surface area (Å²) < 4.78 is 23.8. The summed E-state index contributed by atoms with van der Waals surface area (Å²) in [5.74, 6) is -0.889. The van der Waals surface area contributed by atoms with Crippen LogP contribution >= 0.6 is 0 Å². The highest BCUT2D eigenvalue weighted by Gasteiger charge is 2.17. The SMILES string of the molecule is COc1ccc(CC(=O)NNC(=O)C(C)Oc2ccccc2F)cc1. The van der Waals surface area contributed by atoms with Crippen molar-refractivity contribution in [1.82, 2.24) is 10.9 Å². The van der Waals surface area contributed by atoms with Crippen LogP contribution in [0.15, 0.2) is 48.5 Å². The van der Waals surface area contributed by atoms with Gasteiger partial charge in [0, 0.05) is 0 Å². The molecule has 2 amide bonds. The molecule has 132 valence electrons. The summed E-state index contributed by atoms with van der Waals surface area (Å²) in [5.41, 5.74) is 5.32. The largest absolute Gasteiger partial charge is 0.497 e. The van der Waals surface area contributed by atoms with E-state index < -0.39 is 23.7 Å². The molecule has 2 rings (SSSR count). The monoisotopic (exact) mass is 346 g/mol. The maximum atomic E-state index is 13.5. The number of benzene rings is 2. The van der Waals surface area contributed by atoms with Crippen LogP contribution in [0, 0.1) is 5.82 Å². The molecule has 2 aromatic carbocycles. The van der Waals surface area contributed by atoms with Gasteiger partial charge in [0.05, 0.1) is 13.5 Å². The van der Waals surface area contributed by atoms with Crippen LogP contribution in [-0.2, 0) is 16.0 Å². The lowest BCUT2D eigenvalue weighted by Crippen LogP contribution is -2.47. The topological polar surface area (TPSA) is 76.7 Å². The summed E-state index contributed by atoms with van der Waals surface area (Å²) >= 11 is 0. The van der Waals surface area contributed by atoms with Crippen LogP contribution in [0.1, 0.15) is 12.5 Å². The van der Waals surface area contributed by atoms with E-state index in [1.807, 2.05) is 0 Å². The number of rotatable bonds is 6. The minimum Gasteiger partial charge on any atom is -0.497 e. The van der Waals surface area contributed by atoms with Gasteiger partial charge in [-0.1, -0.05) is 24.3 Å². The molecule has 0 aliphatic rings. The molecule has 6 nitrogen and oxygen atoms in total. The fourth-order valence-corrected chi connectivity index (χ4v) is 1.99. The molecule has 0 radical (unpaired) electrons. The number of hydrogen-bond acceptors (Lipinski definition) is 4. The van der Waals surface area contributed by atoms with E-state index in [4.69, 9.17) is 9.47 Å². The van der Waals surface area contributed by atoms with Crippen molar-refractivity contribution in [1.29, 1.82) is 0 Å². The number of carbonyl (C=O) groups excluding carboxylic acids is 2. The van der Waals surface area contributed by atoms with E-state index in [1.165, 1.54) is 25.1 Å². The number of carbonyl (C=O) groups is 2. The predicted octanol–water partition coefficient (Wildman–Crippen LogP) is 1.99. The van der Waals surface area contributed by atoms with Crippen LogP contribution < -0.4 is 20.3 Å². The molecule has 0 fully saturated rings. The number of halogens is 1. The fraction of sp³-hybridized carbons (Fsp3) is 0.222. The van der Waals surface area contributed by atoms with Crippen LogP contribution in [-0.4, -0.2) is 25.0 Å². The minimum atomic E-state index is -0.974. The Morgan fingerprint density at radius 1 is 1.08 bits per heavy atom. The Bertz CT molecular complexity index is 734. The molecule has 1 atom stereocenters. The van der Waals surface area contributed by atoms with Gasteiger partial charge >= 0.3 is 0 Å². The van der Waals surface area contributed by atoms with E-state index in [1.54, 1.807) is 37.4 Å².